The van der Waals surface area contributed by atoms with E-state index in [4.69, 9.17) is 9.47 Å². The Morgan fingerprint density at radius 2 is 1.90 bits per heavy atom. The van der Waals surface area contributed by atoms with E-state index < -0.39 is 5.56 Å². The molecule has 0 aliphatic heterocycles. The molecule has 0 saturated heterocycles. The average Bonchev–Trinajstić information content (AvgIpc) is 2.74. The van der Waals surface area contributed by atoms with Gasteiger partial charge in [-0.1, -0.05) is 35.2 Å². The van der Waals surface area contributed by atoms with Crippen molar-refractivity contribution in [3.8, 4) is 28.7 Å². The number of nitrogens with one attached hydrogen (secondary N) is 2. The Labute approximate surface area is 189 Å². The second kappa shape index (κ2) is 10.5. The Hall–Kier alpha value is -2.79. The van der Waals surface area contributed by atoms with E-state index in [1.807, 2.05) is 13.0 Å². The number of aryl methyl sites for hydroxylation is 1. The summed E-state index contributed by atoms with van der Waals surface area (Å²) in [5.74, 6) is 0.691. The number of pyridine rings is 1. The highest BCUT2D eigenvalue weighted by atomic mass is 79.9. The zero-order chi connectivity index (χ0) is 22.4. The van der Waals surface area contributed by atoms with Gasteiger partial charge in [0.15, 0.2) is 18.1 Å². The Kier molecular flexibility index (Phi) is 7.75. The first-order valence-corrected chi connectivity index (χ1v) is 11.2. The van der Waals surface area contributed by atoms with Crippen LogP contribution in [0, 0.1) is 18.3 Å². The SMILES string of the molecule is CCOc1cc(-c2cc(C)[nH]c(=O)c2C#N)c(Br)cc1OCC(=O)NC1CCCCC1. The number of amides is 1. The lowest BCUT2D eigenvalue weighted by molar-refractivity contribution is -0.124. The fraction of sp³-hybridized carbons (Fsp3) is 0.435. The Morgan fingerprint density at radius 3 is 2.58 bits per heavy atom. The van der Waals surface area contributed by atoms with Gasteiger partial charge < -0.3 is 19.8 Å². The topological polar surface area (TPSA) is 104 Å². The van der Waals surface area contributed by atoms with Crippen LogP contribution in [0.25, 0.3) is 11.1 Å². The van der Waals surface area contributed by atoms with Crippen LogP contribution in [0.2, 0.25) is 0 Å². The molecule has 1 aromatic carbocycles. The molecule has 8 heteroatoms. The minimum absolute atomic E-state index is 0.0225. The third kappa shape index (κ3) is 5.67. The molecule has 1 aromatic heterocycles. The van der Waals surface area contributed by atoms with Crippen molar-refractivity contribution in [2.45, 2.75) is 52.0 Å². The predicted molar refractivity (Wildman–Crippen MR) is 121 cm³/mol. The molecule has 7 nitrogen and oxygen atoms in total. The molecule has 2 aromatic rings. The smallest absolute Gasteiger partial charge is 0.266 e. The first-order valence-electron chi connectivity index (χ1n) is 10.5. The average molecular weight is 488 g/mol. The summed E-state index contributed by atoms with van der Waals surface area (Å²) in [6, 6.07) is 7.35. The summed E-state index contributed by atoms with van der Waals surface area (Å²) >= 11 is 3.51. The minimum Gasteiger partial charge on any atom is -0.490 e. The van der Waals surface area contributed by atoms with Gasteiger partial charge in [-0.15, -0.1) is 0 Å². The molecule has 1 fully saturated rings. The molecular weight excluding hydrogens is 462 g/mol. The highest BCUT2D eigenvalue weighted by Gasteiger charge is 2.19. The molecule has 0 bridgehead atoms. The maximum absolute atomic E-state index is 12.3. The van der Waals surface area contributed by atoms with Crippen molar-refractivity contribution in [3.05, 3.63) is 44.3 Å². The van der Waals surface area contributed by atoms with Gasteiger partial charge in [-0.25, -0.2) is 0 Å². The van der Waals surface area contributed by atoms with Crippen LogP contribution in [0.4, 0.5) is 0 Å². The number of nitriles is 1. The largest absolute Gasteiger partial charge is 0.490 e. The quantitative estimate of drug-likeness (QED) is 0.608. The van der Waals surface area contributed by atoms with Crippen molar-refractivity contribution in [2.24, 2.45) is 0 Å². The number of nitrogens with zero attached hydrogens (tertiary/aromatic N) is 1. The molecule has 1 saturated carbocycles. The van der Waals surface area contributed by atoms with E-state index >= 15 is 0 Å². The van der Waals surface area contributed by atoms with Crippen LogP contribution >= 0.6 is 15.9 Å². The first kappa shape index (κ1) is 22.9. The van der Waals surface area contributed by atoms with Crippen LogP contribution < -0.4 is 20.3 Å². The van der Waals surface area contributed by atoms with Crippen LogP contribution in [0.15, 0.2) is 27.5 Å². The minimum atomic E-state index is -0.443. The van der Waals surface area contributed by atoms with Gasteiger partial charge in [-0.2, -0.15) is 5.26 Å². The number of H-pyrrole nitrogens is 1. The number of ether oxygens (including phenoxy) is 2. The van der Waals surface area contributed by atoms with Crippen LogP contribution in [-0.2, 0) is 4.79 Å². The number of halogens is 1. The van der Waals surface area contributed by atoms with E-state index in [1.54, 1.807) is 25.1 Å². The summed E-state index contributed by atoms with van der Waals surface area (Å²) in [5.41, 5.74) is 1.35. The summed E-state index contributed by atoms with van der Waals surface area (Å²) < 4.78 is 12.1. The number of hydrogen-bond acceptors (Lipinski definition) is 5. The van der Waals surface area contributed by atoms with Crippen molar-refractivity contribution in [2.75, 3.05) is 13.2 Å². The van der Waals surface area contributed by atoms with Crippen molar-refractivity contribution < 1.29 is 14.3 Å². The van der Waals surface area contributed by atoms with Crippen LogP contribution in [0.3, 0.4) is 0 Å². The second-order valence-electron chi connectivity index (χ2n) is 7.58. The third-order valence-electron chi connectivity index (χ3n) is 5.23. The molecule has 0 spiro atoms. The lowest BCUT2D eigenvalue weighted by Crippen LogP contribution is -2.39. The van der Waals surface area contributed by atoms with Crippen molar-refractivity contribution >= 4 is 21.8 Å². The van der Waals surface area contributed by atoms with Gasteiger partial charge in [0.2, 0.25) is 0 Å². The number of carbonyl (C=O) groups is 1. The molecule has 31 heavy (non-hydrogen) atoms. The molecule has 1 aliphatic rings. The van der Waals surface area contributed by atoms with Gasteiger partial charge in [0.1, 0.15) is 11.6 Å². The number of hydrogen-bond donors (Lipinski definition) is 2. The third-order valence-corrected chi connectivity index (χ3v) is 5.89. The van der Waals surface area contributed by atoms with Gasteiger partial charge in [-0.3, -0.25) is 9.59 Å². The Bertz CT molecular complexity index is 1050. The summed E-state index contributed by atoms with van der Waals surface area (Å²) in [7, 11) is 0. The van der Waals surface area contributed by atoms with Crippen LogP contribution in [0.5, 0.6) is 11.5 Å². The number of aromatic amines is 1. The molecule has 164 valence electrons. The van der Waals surface area contributed by atoms with E-state index in [-0.39, 0.29) is 24.1 Å². The number of carbonyl (C=O) groups excluding carboxylic acids is 1. The second-order valence-corrected chi connectivity index (χ2v) is 8.44. The van der Waals surface area contributed by atoms with Crippen molar-refractivity contribution in [1.29, 1.82) is 5.26 Å². The van der Waals surface area contributed by atoms with E-state index in [2.05, 4.69) is 26.2 Å². The van der Waals surface area contributed by atoms with Gasteiger partial charge in [-0.05, 0) is 44.9 Å². The highest BCUT2D eigenvalue weighted by Crippen LogP contribution is 2.39. The molecule has 0 radical (unpaired) electrons. The zero-order valence-corrected chi connectivity index (χ0v) is 19.3. The van der Waals surface area contributed by atoms with Gasteiger partial charge in [0, 0.05) is 27.3 Å². The predicted octanol–water partition coefficient (Wildman–Crippen LogP) is 4.21. The fourth-order valence-corrected chi connectivity index (χ4v) is 4.33. The number of benzene rings is 1. The molecule has 3 rings (SSSR count). The van der Waals surface area contributed by atoms with Gasteiger partial charge in [0.25, 0.3) is 11.5 Å². The summed E-state index contributed by atoms with van der Waals surface area (Å²) in [6.45, 7) is 3.88. The molecule has 1 aliphatic carbocycles. The Morgan fingerprint density at radius 1 is 1.19 bits per heavy atom. The fourth-order valence-electron chi connectivity index (χ4n) is 3.79. The first-order chi connectivity index (χ1) is 14.9. The summed E-state index contributed by atoms with van der Waals surface area (Å²) in [4.78, 5) is 27.2. The molecule has 1 amide bonds. The molecule has 1 heterocycles. The molecular formula is C23H26BrN3O4. The van der Waals surface area contributed by atoms with Crippen molar-refractivity contribution in [1.82, 2.24) is 10.3 Å². The summed E-state index contributed by atoms with van der Waals surface area (Å²) in [5, 5.41) is 12.5. The van der Waals surface area contributed by atoms with Crippen molar-refractivity contribution in [3.63, 3.8) is 0 Å². The lowest BCUT2D eigenvalue weighted by atomic mass is 9.95. The number of aromatic nitrogens is 1. The lowest BCUT2D eigenvalue weighted by Gasteiger charge is -2.23. The van der Waals surface area contributed by atoms with E-state index in [0.29, 0.717) is 39.4 Å². The molecule has 2 N–H and O–H groups in total. The summed E-state index contributed by atoms with van der Waals surface area (Å²) in [6.07, 6.45) is 5.52. The molecule has 0 unspecified atom stereocenters. The Balaban J connectivity index is 1.85. The van der Waals surface area contributed by atoms with Crippen LogP contribution in [-0.4, -0.2) is 30.1 Å². The standard InChI is InChI=1S/C23H26BrN3O4/c1-3-30-20-10-17(16-9-14(2)26-23(29)18(16)12-25)19(24)11-21(20)31-13-22(28)27-15-7-5-4-6-8-15/h9-11,15H,3-8,13H2,1-2H3,(H,26,29)(H,27,28). The molecule has 0 atom stereocenters. The van der Waals surface area contributed by atoms with E-state index in [9.17, 15) is 14.9 Å². The van der Waals surface area contributed by atoms with E-state index in [0.717, 1.165) is 25.7 Å². The maximum Gasteiger partial charge on any atom is 0.266 e. The van der Waals surface area contributed by atoms with E-state index in [1.165, 1.54) is 6.42 Å². The monoisotopic (exact) mass is 487 g/mol. The van der Waals surface area contributed by atoms with Gasteiger partial charge in [0.05, 0.1) is 6.61 Å². The highest BCUT2D eigenvalue weighted by molar-refractivity contribution is 9.10. The number of rotatable bonds is 7. The van der Waals surface area contributed by atoms with Gasteiger partial charge >= 0.3 is 0 Å². The normalized spacial score (nSPS) is 14.0. The zero-order valence-electron chi connectivity index (χ0n) is 17.7. The maximum atomic E-state index is 12.3. The van der Waals surface area contributed by atoms with Crippen LogP contribution in [0.1, 0.15) is 50.3 Å².